The molecule has 3 N–H and O–H groups in total. The quantitative estimate of drug-likeness (QED) is 0.398. The van der Waals surface area contributed by atoms with E-state index in [1.807, 2.05) is 66.7 Å². The van der Waals surface area contributed by atoms with E-state index < -0.39 is 0 Å². The fraction of sp³-hybridized carbons (Fsp3) is 0.160. The highest BCUT2D eigenvalue weighted by Gasteiger charge is 2.17. The number of aromatic amines is 1. The lowest BCUT2D eigenvalue weighted by atomic mass is 9.99. The molecule has 0 aliphatic rings. The monoisotopic (exact) mass is 381 g/mol. The average Bonchev–Trinajstić information content (AvgIpc) is 3.12. The van der Waals surface area contributed by atoms with Crippen molar-refractivity contribution in [3.8, 4) is 28.8 Å². The molecule has 0 radical (unpaired) electrons. The molecule has 0 bridgehead atoms. The summed E-state index contributed by atoms with van der Waals surface area (Å²) in [4.78, 5) is 3.56. The maximum Gasteiger partial charge on any atom is 0.136 e. The van der Waals surface area contributed by atoms with Gasteiger partial charge in [0.05, 0.1) is 17.3 Å². The van der Waals surface area contributed by atoms with Crippen LogP contribution in [-0.2, 0) is 6.42 Å². The maximum absolute atomic E-state index is 9.34. The summed E-state index contributed by atoms with van der Waals surface area (Å²) in [6.45, 7) is 0.675. The predicted octanol–water partition coefficient (Wildman–Crippen LogP) is 5.78. The van der Waals surface area contributed by atoms with Crippen molar-refractivity contribution in [1.29, 1.82) is 5.26 Å². The first-order valence-corrected chi connectivity index (χ1v) is 9.87. The number of nitrogens with two attached hydrogens (primary N) is 1. The standard InChI is InChI=1S/C25H23N3O/c26-15-7-6-10-20-22-16-18(17-27)13-14-23(22)28-25(20)21-11-4-5-12-24(21)29-19-8-2-1-3-9-19/h1-5,8-9,11-14,16,28H,6-7,10,15,26H2. The number of unbranched alkanes of at least 4 members (excludes halogenated alkanes) is 1. The molecule has 0 fully saturated rings. The number of hydrogen-bond donors (Lipinski definition) is 2. The fourth-order valence-electron chi connectivity index (χ4n) is 3.63. The summed E-state index contributed by atoms with van der Waals surface area (Å²) in [6, 6.07) is 25.9. The molecule has 0 aliphatic carbocycles. The van der Waals surface area contributed by atoms with Crippen LogP contribution in [0.25, 0.3) is 22.2 Å². The minimum absolute atomic E-state index is 0.664. The van der Waals surface area contributed by atoms with Gasteiger partial charge in [0.25, 0.3) is 0 Å². The summed E-state index contributed by atoms with van der Waals surface area (Å²) >= 11 is 0. The van der Waals surface area contributed by atoms with Crippen molar-refractivity contribution in [3.05, 3.63) is 83.9 Å². The van der Waals surface area contributed by atoms with Gasteiger partial charge in [0.2, 0.25) is 0 Å². The van der Waals surface area contributed by atoms with Gasteiger partial charge in [0.15, 0.2) is 0 Å². The van der Waals surface area contributed by atoms with E-state index in [-0.39, 0.29) is 0 Å². The first kappa shape index (κ1) is 18.8. The van der Waals surface area contributed by atoms with E-state index >= 15 is 0 Å². The van der Waals surface area contributed by atoms with Crippen molar-refractivity contribution in [2.24, 2.45) is 5.73 Å². The molecule has 144 valence electrons. The lowest BCUT2D eigenvalue weighted by molar-refractivity contribution is 0.484. The number of nitrogens with zero attached hydrogens (tertiary/aromatic N) is 1. The van der Waals surface area contributed by atoms with Crippen LogP contribution in [0.3, 0.4) is 0 Å². The van der Waals surface area contributed by atoms with Gasteiger partial charge in [-0.2, -0.15) is 5.26 Å². The maximum atomic E-state index is 9.34. The molecule has 0 unspecified atom stereocenters. The molecule has 0 atom stereocenters. The Labute approximate surface area is 170 Å². The predicted molar refractivity (Wildman–Crippen MR) is 117 cm³/mol. The summed E-state index contributed by atoms with van der Waals surface area (Å²) in [5.74, 6) is 1.60. The molecule has 0 aliphatic heterocycles. The van der Waals surface area contributed by atoms with Gasteiger partial charge in [0, 0.05) is 16.5 Å². The molecule has 4 aromatic rings. The topological polar surface area (TPSA) is 74.8 Å². The molecule has 4 nitrogen and oxygen atoms in total. The lowest BCUT2D eigenvalue weighted by Crippen LogP contribution is -1.99. The molecule has 0 spiro atoms. The molecule has 1 heterocycles. The largest absolute Gasteiger partial charge is 0.457 e. The zero-order valence-corrected chi connectivity index (χ0v) is 16.2. The molecule has 4 rings (SSSR count). The molecule has 4 heteroatoms. The summed E-state index contributed by atoms with van der Waals surface area (Å²) in [6.07, 6.45) is 2.85. The number of aromatic nitrogens is 1. The number of nitrogens with one attached hydrogen (secondary N) is 1. The Kier molecular flexibility index (Phi) is 5.60. The van der Waals surface area contributed by atoms with Crippen LogP contribution >= 0.6 is 0 Å². The second-order valence-corrected chi connectivity index (χ2v) is 7.01. The molecular weight excluding hydrogens is 358 g/mol. The number of aryl methyl sites for hydroxylation is 1. The van der Waals surface area contributed by atoms with Gasteiger partial charge in [-0.15, -0.1) is 0 Å². The number of hydrogen-bond acceptors (Lipinski definition) is 3. The Morgan fingerprint density at radius 1 is 0.931 bits per heavy atom. The van der Waals surface area contributed by atoms with Crippen LogP contribution in [0.15, 0.2) is 72.8 Å². The Bertz CT molecular complexity index is 1160. The molecule has 0 amide bonds. The van der Waals surface area contributed by atoms with Crippen LogP contribution in [0, 0.1) is 11.3 Å². The SMILES string of the molecule is N#Cc1ccc2[nH]c(-c3ccccc3Oc3ccccc3)c(CCCCN)c2c1. The van der Waals surface area contributed by atoms with Gasteiger partial charge in [-0.3, -0.25) is 0 Å². The number of nitriles is 1. The minimum Gasteiger partial charge on any atom is -0.457 e. The third kappa shape index (κ3) is 4.01. The second kappa shape index (κ2) is 8.64. The summed E-state index contributed by atoms with van der Waals surface area (Å²) in [5.41, 5.74) is 10.7. The van der Waals surface area contributed by atoms with E-state index in [0.29, 0.717) is 12.1 Å². The highest BCUT2D eigenvalue weighted by atomic mass is 16.5. The van der Waals surface area contributed by atoms with Crippen molar-refractivity contribution in [2.45, 2.75) is 19.3 Å². The first-order valence-electron chi connectivity index (χ1n) is 9.87. The zero-order chi connectivity index (χ0) is 20.1. The lowest BCUT2D eigenvalue weighted by Gasteiger charge is -2.12. The van der Waals surface area contributed by atoms with Crippen LogP contribution in [0.4, 0.5) is 0 Å². The van der Waals surface area contributed by atoms with Gasteiger partial charge < -0.3 is 15.5 Å². The number of H-pyrrole nitrogens is 1. The second-order valence-electron chi connectivity index (χ2n) is 7.01. The highest BCUT2D eigenvalue weighted by Crippen LogP contribution is 2.38. The van der Waals surface area contributed by atoms with Gasteiger partial charge in [0.1, 0.15) is 11.5 Å². The van der Waals surface area contributed by atoms with Crippen molar-refractivity contribution >= 4 is 10.9 Å². The highest BCUT2D eigenvalue weighted by molar-refractivity contribution is 5.92. The van der Waals surface area contributed by atoms with Crippen molar-refractivity contribution < 1.29 is 4.74 Å². The summed E-state index contributed by atoms with van der Waals surface area (Å²) in [7, 11) is 0. The Morgan fingerprint density at radius 2 is 1.72 bits per heavy atom. The third-order valence-electron chi connectivity index (χ3n) is 5.04. The van der Waals surface area contributed by atoms with Crippen LogP contribution in [0.2, 0.25) is 0 Å². The van der Waals surface area contributed by atoms with E-state index in [1.165, 1.54) is 5.56 Å². The average molecular weight is 381 g/mol. The number of rotatable bonds is 7. The van der Waals surface area contributed by atoms with Crippen LogP contribution in [-0.4, -0.2) is 11.5 Å². The summed E-state index contributed by atoms with van der Waals surface area (Å²) in [5, 5.41) is 10.4. The van der Waals surface area contributed by atoms with Gasteiger partial charge in [-0.1, -0.05) is 30.3 Å². The number of ether oxygens (including phenoxy) is 1. The van der Waals surface area contributed by atoms with Crippen LogP contribution < -0.4 is 10.5 Å². The molecule has 29 heavy (non-hydrogen) atoms. The summed E-state index contributed by atoms with van der Waals surface area (Å²) < 4.78 is 6.19. The Balaban J connectivity index is 1.83. The van der Waals surface area contributed by atoms with Crippen LogP contribution in [0.1, 0.15) is 24.0 Å². The van der Waals surface area contributed by atoms with E-state index in [4.69, 9.17) is 10.5 Å². The first-order chi connectivity index (χ1) is 14.3. The number of fused-ring (bicyclic) bond motifs is 1. The van der Waals surface area contributed by atoms with Gasteiger partial charge in [-0.25, -0.2) is 0 Å². The van der Waals surface area contributed by atoms with Gasteiger partial charge in [-0.05, 0) is 73.8 Å². The van der Waals surface area contributed by atoms with E-state index in [2.05, 4.69) is 17.1 Å². The molecular formula is C25H23N3O. The molecule has 1 aromatic heterocycles. The van der Waals surface area contributed by atoms with Crippen molar-refractivity contribution in [3.63, 3.8) is 0 Å². The minimum atomic E-state index is 0.664. The normalized spacial score (nSPS) is 10.8. The van der Waals surface area contributed by atoms with Crippen molar-refractivity contribution in [2.75, 3.05) is 6.54 Å². The van der Waals surface area contributed by atoms with Crippen LogP contribution in [0.5, 0.6) is 11.5 Å². The van der Waals surface area contributed by atoms with E-state index in [0.717, 1.165) is 52.9 Å². The van der Waals surface area contributed by atoms with Gasteiger partial charge >= 0.3 is 0 Å². The molecule has 0 saturated carbocycles. The van der Waals surface area contributed by atoms with E-state index in [9.17, 15) is 5.26 Å². The zero-order valence-electron chi connectivity index (χ0n) is 16.2. The number of benzene rings is 3. The number of para-hydroxylation sites is 2. The van der Waals surface area contributed by atoms with Crippen molar-refractivity contribution in [1.82, 2.24) is 4.98 Å². The molecule has 3 aromatic carbocycles. The fourth-order valence-corrected chi connectivity index (χ4v) is 3.63. The smallest absolute Gasteiger partial charge is 0.136 e. The van der Waals surface area contributed by atoms with E-state index in [1.54, 1.807) is 0 Å². The molecule has 0 saturated heterocycles. The Hall–Kier alpha value is -3.55. The Morgan fingerprint density at radius 3 is 2.52 bits per heavy atom. The third-order valence-corrected chi connectivity index (χ3v) is 5.04.